The standard InChI is InChI=1S/C10H12ClNO3S/c11-9-3-1-2-4-10(9)16(14,15)12-6-5-8(13)7-12/h1-4,8,13H,5-7H2/t8-/m0/s1. The summed E-state index contributed by atoms with van der Waals surface area (Å²) in [5.74, 6) is 0. The summed E-state index contributed by atoms with van der Waals surface area (Å²) in [5.41, 5.74) is 0. The Labute approximate surface area is 99.5 Å². The van der Waals surface area contributed by atoms with Gasteiger partial charge in [0.1, 0.15) is 4.90 Å². The Morgan fingerprint density at radius 2 is 2.06 bits per heavy atom. The fourth-order valence-corrected chi connectivity index (χ4v) is 3.71. The van der Waals surface area contributed by atoms with Crippen LogP contribution in [0.4, 0.5) is 0 Å². The third kappa shape index (κ3) is 2.08. The molecule has 6 heteroatoms. The molecule has 1 aromatic rings. The Balaban J connectivity index is 2.36. The van der Waals surface area contributed by atoms with Crippen LogP contribution in [0.15, 0.2) is 29.2 Å². The molecule has 2 rings (SSSR count). The van der Waals surface area contributed by atoms with E-state index in [4.69, 9.17) is 11.6 Å². The van der Waals surface area contributed by atoms with Gasteiger partial charge in [-0.05, 0) is 18.6 Å². The first-order chi connectivity index (χ1) is 7.51. The van der Waals surface area contributed by atoms with Crippen molar-refractivity contribution in [3.05, 3.63) is 29.3 Å². The van der Waals surface area contributed by atoms with E-state index in [1.54, 1.807) is 18.2 Å². The number of rotatable bonds is 2. The largest absolute Gasteiger partial charge is 0.392 e. The van der Waals surface area contributed by atoms with E-state index in [-0.39, 0.29) is 16.5 Å². The SMILES string of the molecule is O=S(=O)(c1ccccc1Cl)N1CC[C@H](O)C1. The minimum absolute atomic E-state index is 0.103. The fourth-order valence-electron chi connectivity index (χ4n) is 1.72. The van der Waals surface area contributed by atoms with Crippen molar-refractivity contribution in [3.8, 4) is 0 Å². The molecule has 0 spiro atoms. The molecule has 1 aliphatic heterocycles. The molecule has 0 unspecified atom stereocenters. The van der Waals surface area contributed by atoms with E-state index in [1.807, 2.05) is 0 Å². The van der Waals surface area contributed by atoms with Gasteiger partial charge in [-0.3, -0.25) is 0 Å². The smallest absolute Gasteiger partial charge is 0.244 e. The van der Waals surface area contributed by atoms with Gasteiger partial charge in [0.15, 0.2) is 0 Å². The Morgan fingerprint density at radius 1 is 1.38 bits per heavy atom. The lowest BCUT2D eigenvalue weighted by Gasteiger charge is -2.16. The van der Waals surface area contributed by atoms with Crippen molar-refractivity contribution in [2.24, 2.45) is 0 Å². The average Bonchev–Trinajstić information content (AvgIpc) is 2.66. The van der Waals surface area contributed by atoms with Crippen molar-refractivity contribution in [2.75, 3.05) is 13.1 Å². The minimum atomic E-state index is -3.56. The zero-order valence-electron chi connectivity index (χ0n) is 8.51. The van der Waals surface area contributed by atoms with Crippen LogP contribution in [0.5, 0.6) is 0 Å². The first-order valence-electron chi connectivity index (χ1n) is 4.94. The molecule has 0 amide bonds. The molecule has 0 saturated carbocycles. The molecule has 1 aromatic carbocycles. The molecule has 1 aliphatic rings. The van der Waals surface area contributed by atoms with Crippen LogP contribution in [-0.4, -0.2) is 37.0 Å². The number of aliphatic hydroxyl groups excluding tert-OH is 1. The van der Waals surface area contributed by atoms with Gasteiger partial charge in [0.25, 0.3) is 0 Å². The molecule has 1 heterocycles. The van der Waals surface area contributed by atoms with E-state index in [0.29, 0.717) is 13.0 Å². The maximum atomic E-state index is 12.1. The molecule has 0 radical (unpaired) electrons. The molecule has 88 valence electrons. The molecule has 1 N–H and O–H groups in total. The fraction of sp³-hybridized carbons (Fsp3) is 0.400. The van der Waals surface area contributed by atoms with Crippen molar-refractivity contribution in [2.45, 2.75) is 17.4 Å². The topological polar surface area (TPSA) is 57.6 Å². The molecule has 1 fully saturated rings. The predicted octanol–water partition coefficient (Wildman–Crippen LogP) is 1.10. The quantitative estimate of drug-likeness (QED) is 0.867. The highest BCUT2D eigenvalue weighted by molar-refractivity contribution is 7.89. The van der Waals surface area contributed by atoms with Crippen LogP contribution in [0.1, 0.15) is 6.42 Å². The lowest BCUT2D eigenvalue weighted by Crippen LogP contribution is -2.29. The van der Waals surface area contributed by atoms with Crippen molar-refractivity contribution >= 4 is 21.6 Å². The highest BCUT2D eigenvalue weighted by atomic mass is 35.5. The second-order valence-electron chi connectivity index (χ2n) is 3.74. The molecule has 0 bridgehead atoms. The van der Waals surface area contributed by atoms with Gasteiger partial charge in [-0.15, -0.1) is 0 Å². The van der Waals surface area contributed by atoms with Gasteiger partial charge < -0.3 is 5.11 Å². The highest BCUT2D eigenvalue weighted by Crippen LogP contribution is 2.26. The molecule has 0 aliphatic carbocycles. The zero-order valence-corrected chi connectivity index (χ0v) is 10.1. The summed E-state index contributed by atoms with van der Waals surface area (Å²) in [5, 5.41) is 9.55. The maximum Gasteiger partial charge on any atom is 0.244 e. The molecular formula is C10H12ClNO3S. The van der Waals surface area contributed by atoms with Gasteiger partial charge in [0.2, 0.25) is 10.0 Å². The van der Waals surface area contributed by atoms with Gasteiger partial charge in [0.05, 0.1) is 11.1 Å². The second-order valence-corrected chi connectivity index (χ2v) is 6.05. The third-order valence-electron chi connectivity index (χ3n) is 2.58. The first-order valence-corrected chi connectivity index (χ1v) is 6.76. The van der Waals surface area contributed by atoms with Crippen molar-refractivity contribution in [3.63, 3.8) is 0 Å². The van der Waals surface area contributed by atoms with E-state index in [9.17, 15) is 13.5 Å². The van der Waals surface area contributed by atoms with Gasteiger partial charge in [-0.1, -0.05) is 23.7 Å². The number of hydrogen-bond acceptors (Lipinski definition) is 3. The summed E-state index contributed by atoms with van der Waals surface area (Å²) in [6.07, 6.45) is -0.0961. The maximum absolute atomic E-state index is 12.1. The molecule has 1 saturated heterocycles. The van der Waals surface area contributed by atoms with E-state index in [2.05, 4.69) is 0 Å². The molecule has 0 aromatic heterocycles. The second kappa shape index (κ2) is 4.33. The zero-order chi connectivity index (χ0) is 11.8. The number of halogens is 1. The van der Waals surface area contributed by atoms with E-state index >= 15 is 0 Å². The summed E-state index contributed by atoms with van der Waals surface area (Å²) in [6.45, 7) is 0.488. The van der Waals surface area contributed by atoms with E-state index < -0.39 is 16.1 Å². The van der Waals surface area contributed by atoms with Crippen molar-refractivity contribution in [1.29, 1.82) is 0 Å². The Morgan fingerprint density at radius 3 is 2.62 bits per heavy atom. The van der Waals surface area contributed by atoms with Crippen LogP contribution in [0.25, 0.3) is 0 Å². The lowest BCUT2D eigenvalue weighted by molar-refractivity contribution is 0.189. The number of sulfonamides is 1. The summed E-state index contributed by atoms with van der Waals surface area (Å²) in [6, 6.07) is 6.33. The molecular weight excluding hydrogens is 250 g/mol. The summed E-state index contributed by atoms with van der Waals surface area (Å²) in [4.78, 5) is 0.103. The van der Waals surface area contributed by atoms with Gasteiger partial charge in [-0.2, -0.15) is 4.31 Å². The van der Waals surface area contributed by atoms with E-state index in [0.717, 1.165) is 0 Å². The van der Waals surface area contributed by atoms with Crippen LogP contribution >= 0.6 is 11.6 Å². The van der Waals surface area contributed by atoms with E-state index in [1.165, 1.54) is 10.4 Å². The Kier molecular flexibility index (Phi) is 3.21. The summed E-state index contributed by atoms with van der Waals surface area (Å²) in [7, 11) is -3.56. The van der Waals surface area contributed by atoms with Crippen molar-refractivity contribution < 1.29 is 13.5 Å². The van der Waals surface area contributed by atoms with Crippen molar-refractivity contribution in [1.82, 2.24) is 4.31 Å². The predicted molar refractivity (Wildman–Crippen MR) is 60.8 cm³/mol. The Bertz CT molecular complexity index is 489. The summed E-state index contributed by atoms with van der Waals surface area (Å²) >= 11 is 5.86. The highest BCUT2D eigenvalue weighted by Gasteiger charge is 2.32. The molecule has 16 heavy (non-hydrogen) atoms. The first kappa shape index (κ1) is 11.9. The van der Waals surface area contributed by atoms with Gasteiger partial charge >= 0.3 is 0 Å². The number of aliphatic hydroxyl groups is 1. The minimum Gasteiger partial charge on any atom is -0.392 e. The van der Waals surface area contributed by atoms with Crippen LogP contribution in [0.2, 0.25) is 5.02 Å². The normalized spacial score (nSPS) is 22.5. The van der Waals surface area contributed by atoms with Gasteiger partial charge in [-0.25, -0.2) is 8.42 Å². The van der Waals surface area contributed by atoms with Crippen LogP contribution in [0.3, 0.4) is 0 Å². The van der Waals surface area contributed by atoms with Gasteiger partial charge in [0, 0.05) is 13.1 Å². The summed E-state index contributed by atoms with van der Waals surface area (Å²) < 4.78 is 25.5. The third-order valence-corrected chi connectivity index (χ3v) is 4.95. The number of nitrogens with zero attached hydrogens (tertiary/aromatic N) is 1. The van der Waals surface area contributed by atoms with Crippen LogP contribution in [0, 0.1) is 0 Å². The van der Waals surface area contributed by atoms with Crippen LogP contribution in [-0.2, 0) is 10.0 Å². The molecule has 1 atom stereocenters. The van der Waals surface area contributed by atoms with Crippen LogP contribution < -0.4 is 0 Å². The molecule has 4 nitrogen and oxygen atoms in total. The number of hydrogen-bond donors (Lipinski definition) is 1. The number of benzene rings is 1. The lowest BCUT2D eigenvalue weighted by atomic mass is 10.3. The Hall–Kier alpha value is -0.620. The number of β-amino-alcohol motifs (C(OH)–C–C–N with tert-alkyl or cyclic N) is 1. The average molecular weight is 262 g/mol. The monoisotopic (exact) mass is 261 g/mol.